The summed E-state index contributed by atoms with van der Waals surface area (Å²) in [4.78, 5) is 9.73. The molecule has 0 bridgehead atoms. The molecule has 0 rings (SSSR count). The van der Waals surface area contributed by atoms with Gasteiger partial charge < -0.3 is 5.73 Å². The van der Waals surface area contributed by atoms with Gasteiger partial charge in [0.05, 0.1) is 0 Å². The van der Waals surface area contributed by atoms with Gasteiger partial charge in [0.2, 0.25) is 5.24 Å². The van der Waals surface area contributed by atoms with E-state index in [4.69, 9.17) is 17.3 Å². The summed E-state index contributed by atoms with van der Waals surface area (Å²) in [6.45, 7) is 0.350. The van der Waals surface area contributed by atoms with Gasteiger partial charge in [0.25, 0.3) is 0 Å². The van der Waals surface area contributed by atoms with Crippen LogP contribution in [0.1, 0.15) is 6.42 Å². The molecule has 0 aliphatic carbocycles. The van der Waals surface area contributed by atoms with Crippen LogP contribution in [0.5, 0.6) is 0 Å². The normalized spacial score (nSPS) is 8.33. The van der Waals surface area contributed by atoms with E-state index < -0.39 is 0 Å². The van der Waals surface area contributed by atoms with Gasteiger partial charge in [0.1, 0.15) is 0 Å². The molecule has 0 aromatic heterocycles. The molecule has 0 spiro atoms. The summed E-state index contributed by atoms with van der Waals surface area (Å²) in [7, 11) is 0. The Kier molecular flexibility index (Phi) is 3.08. The maximum absolute atomic E-state index is 9.73. The predicted molar refractivity (Wildman–Crippen MR) is 24.5 cm³/mol. The zero-order valence-electron chi connectivity index (χ0n) is 3.28. The maximum atomic E-state index is 9.73. The van der Waals surface area contributed by atoms with Crippen LogP contribution >= 0.6 is 11.6 Å². The fraction of sp³-hybridized carbons (Fsp3) is 0.667. The molecular weight excluding hydrogens is 101 g/mol. The van der Waals surface area contributed by atoms with Crippen molar-refractivity contribution in [2.45, 2.75) is 6.42 Å². The summed E-state index contributed by atoms with van der Waals surface area (Å²) >= 11 is 4.86. The third-order valence-corrected chi connectivity index (χ3v) is 0.530. The van der Waals surface area contributed by atoms with E-state index >= 15 is 0 Å². The zero-order chi connectivity index (χ0) is 4.99. The van der Waals surface area contributed by atoms with Crippen molar-refractivity contribution in [3.05, 3.63) is 0 Å². The molecule has 36 valence electrons. The van der Waals surface area contributed by atoms with Crippen molar-refractivity contribution in [2.75, 3.05) is 6.54 Å². The highest BCUT2D eigenvalue weighted by Gasteiger charge is 1.87. The van der Waals surface area contributed by atoms with E-state index in [0.717, 1.165) is 0 Å². The quantitative estimate of drug-likeness (QED) is 0.509. The smallest absolute Gasteiger partial charge is 0.222 e. The van der Waals surface area contributed by atoms with Gasteiger partial charge in [-0.25, -0.2) is 0 Å². The van der Waals surface area contributed by atoms with E-state index in [1.54, 1.807) is 0 Å². The van der Waals surface area contributed by atoms with E-state index in [1.807, 2.05) is 0 Å². The molecule has 2 N–H and O–H groups in total. The zero-order valence-corrected chi connectivity index (χ0v) is 4.03. The first-order valence-electron chi connectivity index (χ1n) is 1.65. The van der Waals surface area contributed by atoms with Crippen LogP contribution in [0.25, 0.3) is 0 Å². The van der Waals surface area contributed by atoms with Gasteiger partial charge >= 0.3 is 0 Å². The van der Waals surface area contributed by atoms with Gasteiger partial charge in [-0.1, -0.05) is 0 Å². The Labute approximate surface area is 41.3 Å². The third-order valence-electron chi connectivity index (χ3n) is 0.341. The van der Waals surface area contributed by atoms with Crippen LogP contribution in [0, 0.1) is 0 Å². The van der Waals surface area contributed by atoms with Gasteiger partial charge in [-0.05, 0) is 11.6 Å². The molecule has 0 amide bonds. The standard InChI is InChI=1S/C3H6ClNO/c4-3(6)1-2-5/h1-2,5H2. The lowest BCUT2D eigenvalue weighted by Crippen LogP contribution is -2.01. The molecule has 0 radical (unpaired) electrons. The predicted octanol–water partition coefficient (Wildman–Crippen LogP) is 0.101. The Morgan fingerprint density at radius 3 is 2.33 bits per heavy atom. The fourth-order valence-electron chi connectivity index (χ4n) is 0.113. The van der Waals surface area contributed by atoms with E-state index in [2.05, 4.69) is 0 Å². The topological polar surface area (TPSA) is 43.1 Å². The molecule has 6 heavy (non-hydrogen) atoms. The molecule has 0 saturated carbocycles. The third kappa shape index (κ3) is 3.92. The first-order valence-corrected chi connectivity index (χ1v) is 2.03. The van der Waals surface area contributed by atoms with Gasteiger partial charge in [0, 0.05) is 13.0 Å². The average Bonchev–Trinajstić information content (AvgIpc) is 1.35. The summed E-state index contributed by atoms with van der Waals surface area (Å²) in [6, 6.07) is 0. The number of rotatable bonds is 2. The summed E-state index contributed by atoms with van der Waals surface area (Å²) in [6.07, 6.45) is 0.279. The Bertz CT molecular complexity index is 54.8. The molecule has 0 aromatic rings. The second kappa shape index (κ2) is 3.12. The largest absolute Gasteiger partial charge is 0.330 e. The highest BCUT2D eigenvalue weighted by molar-refractivity contribution is 6.63. The van der Waals surface area contributed by atoms with Gasteiger partial charge in [-0.3, -0.25) is 4.79 Å². The highest BCUT2D eigenvalue weighted by atomic mass is 35.5. The van der Waals surface area contributed by atoms with E-state index in [0.29, 0.717) is 6.54 Å². The van der Waals surface area contributed by atoms with E-state index in [-0.39, 0.29) is 11.7 Å². The molecule has 0 atom stereocenters. The lowest BCUT2D eigenvalue weighted by molar-refractivity contribution is -0.111. The molecule has 0 aliphatic rings. The summed E-state index contributed by atoms with van der Waals surface area (Å²) in [5.74, 6) is 0. The van der Waals surface area contributed by atoms with Crippen molar-refractivity contribution in [3.63, 3.8) is 0 Å². The number of hydrogen-bond donors (Lipinski definition) is 1. The maximum Gasteiger partial charge on any atom is 0.222 e. The van der Waals surface area contributed by atoms with Crippen LogP contribution in [-0.2, 0) is 4.79 Å². The van der Waals surface area contributed by atoms with Crippen LogP contribution in [0.2, 0.25) is 0 Å². The minimum atomic E-state index is -0.363. The number of carbonyl (C=O) groups excluding carboxylic acids is 1. The van der Waals surface area contributed by atoms with Crippen molar-refractivity contribution < 1.29 is 4.79 Å². The van der Waals surface area contributed by atoms with Crippen LogP contribution in [0.15, 0.2) is 0 Å². The van der Waals surface area contributed by atoms with E-state index in [9.17, 15) is 4.79 Å². The number of nitrogens with two attached hydrogens (primary N) is 1. The summed E-state index contributed by atoms with van der Waals surface area (Å²) in [5, 5.41) is -0.363. The van der Waals surface area contributed by atoms with E-state index in [1.165, 1.54) is 0 Å². The molecule has 2 nitrogen and oxygen atoms in total. The number of hydrogen-bond acceptors (Lipinski definition) is 2. The van der Waals surface area contributed by atoms with Gasteiger partial charge in [-0.2, -0.15) is 0 Å². The Morgan fingerprint density at radius 1 is 1.83 bits per heavy atom. The summed E-state index contributed by atoms with van der Waals surface area (Å²) < 4.78 is 0. The van der Waals surface area contributed by atoms with Crippen LogP contribution in [-0.4, -0.2) is 11.8 Å². The van der Waals surface area contributed by atoms with Gasteiger partial charge in [0.15, 0.2) is 0 Å². The molecule has 0 saturated heterocycles. The Hall–Kier alpha value is -0.0800. The summed E-state index contributed by atoms with van der Waals surface area (Å²) in [5.41, 5.74) is 4.92. The van der Waals surface area contributed by atoms with Crippen molar-refractivity contribution in [3.8, 4) is 0 Å². The Balaban J connectivity index is 2.83. The molecule has 0 aliphatic heterocycles. The minimum Gasteiger partial charge on any atom is -0.330 e. The fourth-order valence-corrected chi connectivity index (χ4v) is 0.223. The molecular formula is C3H6ClNO. The van der Waals surface area contributed by atoms with Crippen molar-refractivity contribution in [1.29, 1.82) is 0 Å². The van der Waals surface area contributed by atoms with Crippen LogP contribution in [0.4, 0.5) is 0 Å². The van der Waals surface area contributed by atoms with Gasteiger partial charge in [-0.15, -0.1) is 0 Å². The number of halogens is 1. The van der Waals surface area contributed by atoms with Crippen molar-refractivity contribution in [1.82, 2.24) is 0 Å². The minimum absolute atomic E-state index is 0.279. The highest BCUT2D eigenvalue weighted by Crippen LogP contribution is 1.81. The second-order valence-corrected chi connectivity index (χ2v) is 1.32. The van der Waals surface area contributed by atoms with Crippen molar-refractivity contribution in [2.24, 2.45) is 5.73 Å². The van der Waals surface area contributed by atoms with Crippen LogP contribution < -0.4 is 5.73 Å². The monoisotopic (exact) mass is 107 g/mol. The molecule has 0 fully saturated rings. The van der Waals surface area contributed by atoms with Crippen LogP contribution in [0.3, 0.4) is 0 Å². The SMILES string of the molecule is NCCC(=O)Cl. The Morgan fingerprint density at radius 2 is 2.33 bits per heavy atom. The first kappa shape index (κ1) is 5.92. The molecule has 3 heteroatoms. The molecule has 0 aromatic carbocycles. The molecule has 0 heterocycles. The molecule has 0 unspecified atom stereocenters. The lowest BCUT2D eigenvalue weighted by Gasteiger charge is -1.78. The second-order valence-electron chi connectivity index (χ2n) is 0.894. The number of carbonyl (C=O) groups is 1. The average molecular weight is 108 g/mol. The first-order chi connectivity index (χ1) is 2.77. The van der Waals surface area contributed by atoms with Crippen molar-refractivity contribution >= 4 is 16.8 Å². The lowest BCUT2D eigenvalue weighted by atomic mass is 10.5.